The van der Waals surface area contributed by atoms with Crippen molar-refractivity contribution in [1.29, 1.82) is 0 Å². The van der Waals surface area contributed by atoms with Crippen molar-refractivity contribution in [3.05, 3.63) is 52.8 Å². The number of para-hydroxylation sites is 1. The second kappa shape index (κ2) is 5.01. The lowest BCUT2D eigenvalue weighted by Crippen LogP contribution is -2.31. The van der Waals surface area contributed by atoms with Gasteiger partial charge in [-0.15, -0.1) is 0 Å². The predicted octanol–water partition coefficient (Wildman–Crippen LogP) is 2.79. The van der Waals surface area contributed by atoms with Gasteiger partial charge in [-0.2, -0.15) is 0 Å². The molecule has 96 valence electrons. The third-order valence-corrected chi connectivity index (χ3v) is 3.59. The highest BCUT2D eigenvalue weighted by molar-refractivity contribution is 9.10. The Morgan fingerprint density at radius 2 is 2.16 bits per heavy atom. The Morgan fingerprint density at radius 1 is 1.32 bits per heavy atom. The summed E-state index contributed by atoms with van der Waals surface area (Å²) < 4.78 is 6.24. The van der Waals surface area contributed by atoms with Crippen LogP contribution in [0.4, 0.5) is 5.69 Å². The lowest BCUT2D eigenvalue weighted by Gasteiger charge is -2.11. The smallest absolute Gasteiger partial charge is 0.265 e. The molecule has 19 heavy (non-hydrogen) atoms. The van der Waals surface area contributed by atoms with Gasteiger partial charge in [0.25, 0.3) is 5.91 Å². The molecule has 1 amide bonds. The summed E-state index contributed by atoms with van der Waals surface area (Å²) in [6, 6.07) is 11.3. The van der Waals surface area contributed by atoms with E-state index in [1.54, 1.807) is 18.3 Å². The van der Waals surface area contributed by atoms with Crippen molar-refractivity contribution in [2.45, 2.75) is 12.5 Å². The lowest BCUT2D eigenvalue weighted by molar-refractivity contribution is -0.122. The molecule has 0 radical (unpaired) electrons. The van der Waals surface area contributed by atoms with Crippen LogP contribution in [0, 0.1) is 0 Å². The Kier molecular flexibility index (Phi) is 3.21. The summed E-state index contributed by atoms with van der Waals surface area (Å²) in [5.74, 6) is 0.623. The van der Waals surface area contributed by atoms with Crippen molar-refractivity contribution >= 4 is 27.5 Å². The highest BCUT2D eigenvalue weighted by Crippen LogP contribution is 2.29. The zero-order valence-corrected chi connectivity index (χ0v) is 11.6. The van der Waals surface area contributed by atoms with Crippen molar-refractivity contribution in [2.24, 2.45) is 0 Å². The molecule has 1 aromatic carbocycles. The van der Waals surface area contributed by atoms with Crippen LogP contribution in [-0.2, 0) is 11.2 Å². The maximum Gasteiger partial charge on any atom is 0.265 e. The van der Waals surface area contributed by atoms with Crippen LogP contribution in [0.1, 0.15) is 5.56 Å². The molecule has 1 aliphatic heterocycles. The first-order valence-corrected chi connectivity index (χ1v) is 6.69. The monoisotopic (exact) mass is 318 g/mol. The van der Waals surface area contributed by atoms with E-state index in [2.05, 4.69) is 26.2 Å². The van der Waals surface area contributed by atoms with E-state index in [0.29, 0.717) is 16.7 Å². The fraction of sp³-hybridized carbons (Fsp3) is 0.143. The highest BCUT2D eigenvalue weighted by atomic mass is 79.9. The first kappa shape index (κ1) is 12.2. The van der Waals surface area contributed by atoms with Crippen LogP contribution >= 0.6 is 15.9 Å². The van der Waals surface area contributed by atoms with Crippen molar-refractivity contribution < 1.29 is 9.53 Å². The molecule has 5 heteroatoms. The molecule has 0 saturated heterocycles. The molecule has 2 aromatic rings. The van der Waals surface area contributed by atoms with Crippen LogP contribution in [0.2, 0.25) is 0 Å². The number of nitrogens with zero attached hydrogens (tertiary/aromatic N) is 1. The molecule has 0 saturated carbocycles. The maximum absolute atomic E-state index is 12.2. The Hall–Kier alpha value is -1.88. The zero-order valence-electron chi connectivity index (χ0n) is 9.97. The highest BCUT2D eigenvalue weighted by Gasteiger charge is 2.29. The van der Waals surface area contributed by atoms with Crippen molar-refractivity contribution in [3.8, 4) is 5.75 Å². The van der Waals surface area contributed by atoms with Gasteiger partial charge in [0, 0.05) is 12.6 Å². The standard InChI is InChI=1S/C14H11BrN2O2/c15-13-10(5-3-7-16-13)17-14(18)12-8-9-4-1-2-6-11(9)19-12/h1-7,12H,8H2,(H,17,18). The van der Waals surface area contributed by atoms with Crippen LogP contribution in [0.25, 0.3) is 0 Å². The Balaban J connectivity index is 1.72. The van der Waals surface area contributed by atoms with Gasteiger partial charge in [-0.1, -0.05) is 18.2 Å². The minimum Gasteiger partial charge on any atom is -0.480 e. The van der Waals surface area contributed by atoms with E-state index in [0.717, 1.165) is 11.3 Å². The number of hydrogen-bond donors (Lipinski definition) is 1. The van der Waals surface area contributed by atoms with Gasteiger partial charge in [-0.05, 0) is 39.7 Å². The largest absolute Gasteiger partial charge is 0.480 e. The van der Waals surface area contributed by atoms with Gasteiger partial charge in [0.05, 0.1) is 5.69 Å². The number of aromatic nitrogens is 1. The Bertz CT molecular complexity index is 605. The average Bonchev–Trinajstić information content (AvgIpc) is 2.85. The summed E-state index contributed by atoms with van der Waals surface area (Å²) >= 11 is 3.30. The lowest BCUT2D eigenvalue weighted by atomic mass is 10.1. The van der Waals surface area contributed by atoms with Crippen LogP contribution in [0.15, 0.2) is 47.2 Å². The number of fused-ring (bicyclic) bond motifs is 1. The van der Waals surface area contributed by atoms with Gasteiger partial charge in [0.1, 0.15) is 10.4 Å². The SMILES string of the molecule is O=C(Nc1cccnc1Br)C1Cc2ccccc2O1. The van der Waals surface area contributed by atoms with E-state index < -0.39 is 6.10 Å². The predicted molar refractivity (Wildman–Crippen MR) is 75.1 cm³/mol. The molecule has 1 N–H and O–H groups in total. The van der Waals surface area contributed by atoms with Crippen LogP contribution < -0.4 is 10.1 Å². The molecular weight excluding hydrogens is 308 g/mol. The molecule has 1 aliphatic rings. The Morgan fingerprint density at radius 3 is 2.95 bits per heavy atom. The number of amides is 1. The number of halogens is 1. The fourth-order valence-electron chi connectivity index (χ4n) is 2.02. The molecular formula is C14H11BrN2O2. The van der Waals surface area contributed by atoms with Crippen molar-refractivity contribution in [1.82, 2.24) is 4.98 Å². The molecule has 1 aromatic heterocycles. The minimum absolute atomic E-state index is 0.162. The summed E-state index contributed by atoms with van der Waals surface area (Å²) in [7, 11) is 0. The number of benzene rings is 1. The Labute approximate surface area is 118 Å². The van der Waals surface area contributed by atoms with Gasteiger partial charge < -0.3 is 10.1 Å². The first-order chi connectivity index (χ1) is 9.24. The summed E-state index contributed by atoms with van der Waals surface area (Å²) in [5.41, 5.74) is 1.71. The van der Waals surface area contributed by atoms with E-state index in [4.69, 9.17) is 4.74 Å². The molecule has 2 heterocycles. The minimum atomic E-state index is -0.482. The first-order valence-electron chi connectivity index (χ1n) is 5.90. The number of pyridine rings is 1. The van der Waals surface area contributed by atoms with Gasteiger partial charge >= 0.3 is 0 Å². The van der Waals surface area contributed by atoms with E-state index in [9.17, 15) is 4.79 Å². The normalized spacial score (nSPS) is 16.6. The summed E-state index contributed by atoms with van der Waals surface area (Å²) in [5, 5.41) is 2.81. The van der Waals surface area contributed by atoms with Crippen molar-refractivity contribution in [3.63, 3.8) is 0 Å². The quantitative estimate of drug-likeness (QED) is 0.866. The van der Waals surface area contributed by atoms with Gasteiger partial charge in [0.2, 0.25) is 0 Å². The van der Waals surface area contributed by atoms with Gasteiger partial charge in [-0.25, -0.2) is 4.98 Å². The number of carbonyl (C=O) groups excluding carboxylic acids is 1. The van der Waals surface area contributed by atoms with Gasteiger partial charge in [0.15, 0.2) is 6.10 Å². The van der Waals surface area contributed by atoms with E-state index in [1.807, 2.05) is 24.3 Å². The molecule has 1 atom stereocenters. The fourth-order valence-corrected chi connectivity index (χ4v) is 2.37. The average molecular weight is 319 g/mol. The molecule has 4 nitrogen and oxygen atoms in total. The van der Waals surface area contributed by atoms with E-state index >= 15 is 0 Å². The second-order valence-corrected chi connectivity index (χ2v) is 5.00. The second-order valence-electron chi connectivity index (χ2n) is 4.25. The summed E-state index contributed by atoms with van der Waals surface area (Å²) in [4.78, 5) is 16.2. The molecule has 0 spiro atoms. The molecule has 0 bridgehead atoms. The van der Waals surface area contributed by atoms with Crippen LogP contribution in [-0.4, -0.2) is 17.0 Å². The molecule has 1 unspecified atom stereocenters. The number of hydrogen-bond acceptors (Lipinski definition) is 3. The third-order valence-electron chi connectivity index (χ3n) is 2.96. The third kappa shape index (κ3) is 2.46. The van der Waals surface area contributed by atoms with Crippen molar-refractivity contribution in [2.75, 3.05) is 5.32 Å². The topological polar surface area (TPSA) is 51.2 Å². The number of rotatable bonds is 2. The number of carbonyl (C=O) groups is 1. The molecule has 0 fully saturated rings. The van der Waals surface area contributed by atoms with E-state index in [-0.39, 0.29) is 5.91 Å². The molecule has 3 rings (SSSR count). The van der Waals surface area contributed by atoms with Gasteiger partial charge in [-0.3, -0.25) is 4.79 Å². The number of nitrogens with one attached hydrogen (secondary N) is 1. The maximum atomic E-state index is 12.2. The number of ether oxygens (including phenoxy) is 1. The van der Waals surface area contributed by atoms with Crippen LogP contribution in [0.5, 0.6) is 5.75 Å². The van der Waals surface area contributed by atoms with E-state index in [1.165, 1.54) is 0 Å². The number of anilines is 1. The van der Waals surface area contributed by atoms with Crippen LogP contribution in [0.3, 0.4) is 0 Å². The summed E-state index contributed by atoms with van der Waals surface area (Å²) in [6.45, 7) is 0. The zero-order chi connectivity index (χ0) is 13.2. The summed E-state index contributed by atoms with van der Waals surface area (Å²) in [6.07, 6.45) is 1.77. The molecule has 0 aliphatic carbocycles.